The van der Waals surface area contributed by atoms with Crippen molar-refractivity contribution in [1.29, 1.82) is 0 Å². The molecule has 0 spiro atoms. The van der Waals surface area contributed by atoms with E-state index in [-0.39, 0.29) is 12.1 Å². The summed E-state index contributed by atoms with van der Waals surface area (Å²) in [6.07, 6.45) is 1.56. The molecular weight excluding hydrogens is 304 g/mol. The van der Waals surface area contributed by atoms with Crippen LogP contribution in [-0.2, 0) is 4.74 Å². The van der Waals surface area contributed by atoms with Crippen LogP contribution in [0.3, 0.4) is 0 Å². The molecular formula is C18H24N4O2. The van der Waals surface area contributed by atoms with Crippen molar-refractivity contribution in [3.05, 3.63) is 30.5 Å². The Kier molecular flexibility index (Phi) is 4.30. The SMILES string of the molecule is C[C@H]1CN(C(=O)OC(C)(C)C)CCN1c1cnc2ccccc2n1. The number of hydrogen-bond donors (Lipinski definition) is 0. The number of nitrogens with zero attached hydrogens (tertiary/aromatic N) is 4. The number of piperazine rings is 1. The van der Waals surface area contributed by atoms with Gasteiger partial charge >= 0.3 is 6.09 Å². The van der Waals surface area contributed by atoms with E-state index >= 15 is 0 Å². The molecule has 0 saturated carbocycles. The Morgan fingerprint density at radius 3 is 2.58 bits per heavy atom. The number of carbonyl (C=O) groups excluding carboxylic acids is 1. The van der Waals surface area contributed by atoms with E-state index in [2.05, 4.69) is 16.8 Å². The molecule has 1 fully saturated rings. The first-order valence-corrected chi connectivity index (χ1v) is 8.30. The summed E-state index contributed by atoms with van der Waals surface area (Å²) in [6.45, 7) is 9.69. The topological polar surface area (TPSA) is 58.6 Å². The van der Waals surface area contributed by atoms with Gasteiger partial charge in [-0.15, -0.1) is 0 Å². The first kappa shape index (κ1) is 16.5. The zero-order valence-corrected chi connectivity index (χ0v) is 14.7. The summed E-state index contributed by atoms with van der Waals surface area (Å²) < 4.78 is 5.46. The Labute approximate surface area is 142 Å². The maximum absolute atomic E-state index is 12.2. The van der Waals surface area contributed by atoms with E-state index in [1.807, 2.05) is 51.2 Å². The van der Waals surface area contributed by atoms with Gasteiger partial charge in [0.05, 0.1) is 17.2 Å². The van der Waals surface area contributed by atoms with Crippen LogP contribution in [0.1, 0.15) is 27.7 Å². The van der Waals surface area contributed by atoms with Crippen molar-refractivity contribution < 1.29 is 9.53 Å². The number of para-hydroxylation sites is 2. The van der Waals surface area contributed by atoms with E-state index in [1.165, 1.54) is 0 Å². The Morgan fingerprint density at radius 1 is 1.21 bits per heavy atom. The quantitative estimate of drug-likeness (QED) is 0.805. The van der Waals surface area contributed by atoms with Gasteiger partial charge in [-0.1, -0.05) is 12.1 Å². The van der Waals surface area contributed by atoms with Gasteiger partial charge in [0.1, 0.15) is 11.4 Å². The normalized spacial score (nSPS) is 18.8. The number of benzene rings is 1. The van der Waals surface area contributed by atoms with E-state index in [9.17, 15) is 4.79 Å². The summed E-state index contributed by atoms with van der Waals surface area (Å²) in [4.78, 5) is 25.4. The third-order valence-electron chi connectivity index (χ3n) is 4.01. The zero-order valence-electron chi connectivity index (χ0n) is 14.7. The minimum atomic E-state index is -0.471. The predicted octanol–water partition coefficient (Wildman–Crippen LogP) is 3.08. The first-order valence-electron chi connectivity index (χ1n) is 8.30. The van der Waals surface area contributed by atoms with Crippen LogP contribution in [0.15, 0.2) is 30.5 Å². The summed E-state index contributed by atoms with van der Waals surface area (Å²) in [5.41, 5.74) is 1.31. The number of rotatable bonds is 1. The fourth-order valence-electron chi connectivity index (χ4n) is 2.88. The van der Waals surface area contributed by atoms with Crippen molar-refractivity contribution in [2.75, 3.05) is 24.5 Å². The van der Waals surface area contributed by atoms with Gasteiger partial charge in [-0.3, -0.25) is 4.98 Å². The van der Waals surface area contributed by atoms with E-state index in [1.54, 1.807) is 4.90 Å². The third kappa shape index (κ3) is 3.58. The van der Waals surface area contributed by atoms with Crippen LogP contribution in [-0.4, -0.2) is 52.2 Å². The number of carbonyl (C=O) groups is 1. The van der Waals surface area contributed by atoms with Gasteiger partial charge < -0.3 is 14.5 Å². The van der Waals surface area contributed by atoms with Crippen molar-refractivity contribution in [2.24, 2.45) is 0 Å². The van der Waals surface area contributed by atoms with Gasteiger partial charge in [0.25, 0.3) is 0 Å². The van der Waals surface area contributed by atoms with Crippen molar-refractivity contribution in [2.45, 2.75) is 39.3 Å². The van der Waals surface area contributed by atoms with Gasteiger partial charge in [-0.2, -0.15) is 0 Å². The summed E-state index contributed by atoms with van der Waals surface area (Å²) in [5.74, 6) is 0.852. The number of amides is 1. The molecule has 2 heterocycles. The number of hydrogen-bond acceptors (Lipinski definition) is 5. The molecule has 0 N–H and O–H groups in total. The van der Waals surface area contributed by atoms with Gasteiger partial charge in [0.2, 0.25) is 0 Å². The smallest absolute Gasteiger partial charge is 0.410 e. The minimum absolute atomic E-state index is 0.154. The summed E-state index contributed by atoms with van der Waals surface area (Å²) in [7, 11) is 0. The highest BCUT2D eigenvalue weighted by atomic mass is 16.6. The molecule has 1 aromatic carbocycles. The van der Waals surface area contributed by atoms with E-state index < -0.39 is 5.60 Å². The van der Waals surface area contributed by atoms with Gasteiger partial charge in [0, 0.05) is 25.7 Å². The predicted molar refractivity (Wildman–Crippen MR) is 94.2 cm³/mol. The summed E-state index contributed by atoms with van der Waals surface area (Å²) in [6, 6.07) is 7.99. The Balaban J connectivity index is 1.72. The molecule has 1 saturated heterocycles. The highest BCUT2D eigenvalue weighted by molar-refractivity contribution is 5.75. The lowest BCUT2D eigenvalue weighted by Crippen LogP contribution is -2.54. The van der Waals surface area contributed by atoms with Crippen LogP contribution in [0.25, 0.3) is 11.0 Å². The van der Waals surface area contributed by atoms with Crippen molar-refractivity contribution >= 4 is 22.9 Å². The third-order valence-corrected chi connectivity index (χ3v) is 4.01. The van der Waals surface area contributed by atoms with Crippen LogP contribution in [0.2, 0.25) is 0 Å². The zero-order chi connectivity index (χ0) is 17.3. The second kappa shape index (κ2) is 6.26. The second-order valence-corrected chi connectivity index (χ2v) is 7.19. The average molecular weight is 328 g/mol. The fourth-order valence-corrected chi connectivity index (χ4v) is 2.88. The van der Waals surface area contributed by atoms with Crippen molar-refractivity contribution in [3.8, 4) is 0 Å². The fraction of sp³-hybridized carbons (Fsp3) is 0.500. The van der Waals surface area contributed by atoms with Crippen molar-refractivity contribution in [3.63, 3.8) is 0 Å². The van der Waals surface area contributed by atoms with E-state index in [0.717, 1.165) is 16.9 Å². The lowest BCUT2D eigenvalue weighted by Gasteiger charge is -2.40. The number of anilines is 1. The molecule has 0 unspecified atom stereocenters. The monoisotopic (exact) mass is 328 g/mol. The molecule has 0 aliphatic carbocycles. The molecule has 1 amide bonds. The van der Waals surface area contributed by atoms with Crippen LogP contribution < -0.4 is 4.90 Å². The van der Waals surface area contributed by atoms with Crippen LogP contribution in [0.5, 0.6) is 0 Å². The standard InChI is InChI=1S/C18H24N4O2/c1-13-12-21(17(23)24-18(2,3)4)9-10-22(13)16-11-19-14-7-5-6-8-15(14)20-16/h5-8,11,13H,9-10,12H2,1-4H3/t13-/m0/s1. The molecule has 128 valence electrons. The highest BCUT2D eigenvalue weighted by Crippen LogP contribution is 2.21. The van der Waals surface area contributed by atoms with Crippen LogP contribution in [0, 0.1) is 0 Å². The number of fused-ring (bicyclic) bond motifs is 1. The largest absolute Gasteiger partial charge is 0.444 e. The van der Waals surface area contributed by atoms with Gasteiger partial charge in [-0.05, 0) is 39.8 Å². The molecule has 24 heavy (non-hydrogen) atoms. The van der Waals surface area contributed by atoms with Gasteiger partial charge in [-0.25, -0.2) is 9.78 Å². The second-order valence-electron chi connectivity index (χ2n) is 7.19. The molecule has 1 atom stereocenters. The molecule has 0 bridgehead atoms. The van der Waals surface area contributed by atoms with Crippen LogP contribution >= 0.6 is 0 Å². The summed E-state index contributed by atoms with van der Waals surface area (Å²) >= 11 is 0. The summed E-state index contributed by atoms with van der Waals surface area (Å²) in [5, 5.41) is 0. The molecule has 0 radical (unpaired) electrons. The molecule has 1 aromatic heterocycles. The molecule has 1 aliphatic heterocycles. The molecule has 6 nitrogen and oxygen atoms in total. The maximum Gasteiger partial charge on any atom is 0.410 e. The lowest BCUT2D eigenvalue weighted by atomic mass is 10.2. The Morgan fingerprint density at radius 2 is 1.92 bits per heavy atom. The molecule has 1 aliphatic rings. The first-order chi connectivity index (χ1) is 11.3. The Hall–Kier alpha value is -2.37. The lowest BCUT2D eigenvalue weighted by molar-refractivity contribution is 0.0218. The molecule has 3 rings (SSSR count). The molecule has 6 heteroatoms. The van der Waals surface area contributed by atoms with Crippen LogP contribution in [0.4, 0.5) is 10.6 Å². The minimum Gasteiger partial charge on any atom is -0.444 e. The number of ether oxygens (including phenoxy) is 1. The van der Waals surface area contributed by atoms with E-state index in [4.69, 9.17) is 9.72 Å². The van der Waals surface area contributed by atoms with Gasteiger partial charge in [0.15, 0.2) is 0 Å². The van der Waals surface area contributed by atoms with E-state index in [0.29, 0.717) is 19.6 Å². The maximum atomic E-state index is 12.2. The number of aromatic nitrogens is 2. The van der Waals surface area contributed by atoms with Crippen molar-refractivity contribution in [1.82, 2.24) is 14.9 Å². The average Bonchev–Trinajstić information content (AvgIpc) is 2.52. The highest BCUT2D eigenvalue weighted by Gasteiger charge is 2.30. The molecule has 2 aromatic rings. The Bertz CT molecular complexity index is 741.